The van der Waals surface area contributed by atoms with E-state index in [0.29, 0.717) is 39.9 Å². The topological polar surface area (TPSA) is 55.4 Å². The third-order valence-electron chi connectivity index (χ3n) is 4.98. The largest absolute Gasteiger partial charge is 0.423 e. The molecule has 1 N–H and O–H groups in total. The Morgan fingerprint density at radius 3 is 2.41 bits per heavy atom. The number of benzene rings is 3. The molecular weight excluding hydrogens is 445 g/mol. The fourth-order valence-corrected chi connectivity index (χ4v) is 3.55. The van der Waals surface area contributed by atoms with E-state index in [1.165, 1.54) is 0 Å². The van der Waals surface area contributed by atoms with E-state index in [1.54, 1.807) is 48.5 Å². The Labute approximate surface area is 198 Å². The number of aryl methyl sites for hydroxylation is 2. The monoisotopic (exact) mass is 469 g/mol. The minimum Gasteiger partial charge on any atom is -0.423 e. The average molecular weight is 470 g/mol. The van der Waals surface area contributed by atoms with Crippen LogP contribution in [0.4, 0.5) is 5.69 Å². The van der Waals surface area contributed by atoms with Crippen molar-refractivity contribution in [3.8, 4) is 5.75 Å². The summed E-state index contributed by atoms with van der Waals surface area (Å²) in [6.07, 6.45) is 3.57. The Morgan fingerprint density at radius 1 is 0.906 bits per heavy atom. The van der Waals surface area contributed by atoms with Crippen LogP contribution in [0.15, 0.2) is 66.7 Å². The van der Waals surface area contributed by atoms with Crippen molar-refractivity contribution >= 4 is 40.8 Å². The molecule has 3 rings (SSSR count). The van der Waals surface area contributed by atoms with Gasteiger partial charge in [-0.3, -0.25) is 4.79 Å². The van der Waals surface area contributed by atoms with Crippen LogP contribution >= 0.6 is 23.2 Å². The number of ether oxygens (including phenoxy) is 1. The molecule has 6 heteroatoms. The van der Waals surface area contributed by atoms with Gasteiger partial charge in [-0.1, -0.05) is 60.8 Å². The van der Waals surface area contributed by atoms with Crippen LogP contribution in [0, 0.1) is 0 Å². The highest BCUT2D eigenvalue weighted by atomic mass is 35.5. The molecule has 0 saturated heterocycles. The molecule has 0 heterocycles. The van der Waals surface area contributed by atoms with E-state index in [4.69, 9.17) is 27.9 Å². The maximum atomic E-state index is 12.5. The molecule has 3 aromatic rings. The third kappa shape index (κ3) is 6.84. The predicted molar refractivity (Wildman–Crippen MR) is 130 cm³/mol. The quantitative estimate of drug-likeness (QED) is 0.267. The lowest BCUT2D eigenvalue weighted by molar-refractivity contribution is -0.116. The SMILES string of the molecule is CCCCc1cc(NC(=O)CCc2ccc(Cl)c(Cl)c2)ccc1OC(=O)c1ccccc1. The molecule has 0 spiro atoms. The van der Waals surface area contributed by atoms with Gasteiger partial charge in [0.05, 0.1) is 15.6 Å². The van der Waals surface area contributed by atoms with Gasteiger partial charge in [0.2, 0.25) is 5.91 Å². The van der Waals surface area contributed by atoms with Gasteiger partial charge < -0.3 is 10.1 Å². The van der Waals surface area contributed by atoms with Crippen LogP contribution in [0.5, 0.6) is 5.75 Å². The molecule has 4 nitrogen and oxygen atoms in total. The van der Waals surface area contributed by atoms with Crippen LogP contribution in [0.3, 0.4) is 0 Å². The number of hydrogen-bond acceptors (Lipinski definition) is 3. The standard InChI is InChI=1S/C26H25Cl2NO3/c1-2-3-7-20-17-21(12-14-24(20)32-26(31)19-8-5-4-6-9-19)29-25(30)15-11-18-10-13-22(27)23(28)16-18/h4-6,8-10,12-14,16-17H,2-3,7,11,15H2,1H3,(H,29,30). The molecule has 0 fully saturated rings. The number of carbonyl (C=O) groups excluding carboxylic acids is 2. The summed E-state index contributed by atoms with van der Waals surface area (Å²) in [6, 6.07) is 19.6. The normalized spacial score (nSPS) is 10.6. The Kier molecular flexibility index (Phi) is 8.72. The van der Waals surface area contributed by atoms with Gasteiger partial charge in [-0.2, -0.15) is 0 Å². The van der Waals surface area contributed by atoms with E-state index in [0.717, 1.165) is 30.4 Å². The van der Waals surface area contributed by atoms with Crippen molar-refractivity contribution in [3.63, 3.8) is 0 Å². The van der Waals surface area contributed by atoms with E-state index < -0.39 is 5.97 Å². The van der Waals surface area contributed by atoms with Crippen molar-refractivity contribution in [1.29, 1.82) is 0 Å². The van der Waals surface area contributed by atoms with Crippen molar-refractivity contribution in [2.24, 2.45) is 0 Å². The van der Waals surface area contributed by atoms with Gasteiger partial charge in [0.25, 0.3) is 0 Å². The Morgan fingerprint density at radius 2 is 1.69 bits per heavy atom. The number of unbranched alkanes of at least 4 members (excludes halogenated alkanes) is 1. The number of anilines is 1. The van der Waals surface area contributed by atoms with E-state index >= 15 is 0 Å². The Balaban J connectivity index is 1.66. The molecular formula is C26H25Cl2NO3. The van der Waals surface area contributed by atoms with Crippen LogP contribution in [-0.4, -0.2) is 11.9 Å². The molecule has 0 aliphatic carbocycles. The summed E-state index contributed by atoms with van der Waals surface area (Å²) in [5, 5.41) is 3.90. The summed E-state index contributed by atoms with van der Waals surface area (Å²) in [4.78, 5) is 24.9. The molecule has 166 valence electrons. The number of hydrogen-bond donors (Lipinski definition) is 1. The molecule has 1 amide bonds. The van der Waals surface area contributed by atoms with Gasteiger partial charge in [-0.05, 0) is 72.9 Å². The maximum absolute atomic E-state index is 12.5. The first-order chi connectivity index (χ1) is 15.5. The van der Waals surface area contributed by atoms with Gasteiger partial charge in [-0.15, -0.1) is 0 Å². The first kappa shape index (κ1) is 23.8. The van der Waals surface area contributed by atoms with Crippen LogP contribution in [0.2, 0.25) is 10.0 Å². The minimum absolute atomic E-state index is 0.105. The smallest absolute Gasteiger partial charge is 0.343 e. The number of halogens is 2. The maximum Gasteiger partial charge on any atom is 0.343 e. The van der Waals surface area contributed by atoms with Crippen molar-refractivity contribution < 1.29 is 14.3 Å². The minimum atomic E-state index is -0.401. The lowest BCUT2D eigenvalue weighted by Crippen LogP contribution is -2.13. The van der Waals surface area contributed by atoms with Gasteiger partial charge in [0.1, 0.15) is 5.75 Å². The van der Waals surface area contributed by atoms with Crippen molar-refractivity contribution in [2.75, 3.05) is 5.32 Å². The number of carbonyl (C=O) groups is 2. The molecule has 3 aromatic carbocycles. The average Bonchev–Trinajstić information content (AvgIpc) is 2.80. The molecule has 0 aliphatic heterocycles. The number of amides is 1. The zero-order chi connectivity index (χ0) is 22.9. The lowest BCUT2D eigenvalue weighted by Gasteiger charge is -2.13. The molecule has 32 heavy (non-hydrogen) atoms. The Bertz CT molecular complexity index is 1080. The number of esters is 1. The van der Waals surface area contributed by atoms with E-state index in [-0.39, 0.29) is 5.91 Å². The highest BCUT2D eigenvalue weighted by Crippen LogP contribution is 2.26. The molecule has 0 aliphatic rings. The first-order valence-electron chi connectivity index (χ1n) is 10.6. The highest BCUT2D eigenvalue weighted by Gasteiger charge is 2.13. The molecule has 0 bridgehead atoms. The van der Waals surface area contributed by atoms with Crippen LogP contribution < -0.4 is 10.1 Å². The second kappa shape index (κ2) is 11.7. The van der Waals surface area contributed by atoms with E-state index in [9.17, 15) is 9.59 Å². The summed E-state index contributed by atoms with van der Waals surface area (Å²) >= 11 is 12.0. The fourth-order valence-electron chi connectivity index (χ4n) is 3.23. The van der Waals surface area contributed by atoms with Crippen molar-refractivity contribution in [1.82, 2.24) is 0 Å². The summed E-state index contributed by atoms with van der Waals surface area (Å²) in [7, 11) is 0. The molecule has 0 unspecified atom stereocenters. The van der Waals surface area contributed by atoms with E-state index in [2.05, 4.69) is 12.2 Å². The zero-order valence-corrected chi connectivity index (χ0v) is 19.4. The number of nitrogens with one attached hydrogen (secondary N) is 1. The van der Waals surface area contributed by atoms with Gasteiger partial charge in [0.15, 0.2) is 0 Å². The lowest BCUT2D eigenvalue weighted by atomic mass is 10.1. The predicted octanol–water partition coefficient (Wildman–Crippen LogP) is 7.13. The molecule has 0 saturated carbocycles. The first-order valence-corrected chi connectivity index (χ1v) is 11.4. The summed E-state index contributed by atoms with van der Waals surface area (Å²) in [5.41, 5.74) is 3.00. The van der Waals surface area contributed by atoms with Crippen LogP contribution in [0.25, 0.3) is 0 Å². The van der Waals surface area contributed by atoms with Crippen LogP contribution in [-0.2, 0) is 17.6 Å². The van der Waals surface area contributed by atoms with Gasteiger partial charge in [-0.25, -0.2) is 4.79 Å². The second-order valence-electron chi connectivity index (χ2n) is 7.48. The second-order valence-corrected chi connectivity index (χ2v) is 8.29. The number of rotatable bonds is 9. The van der Waals surface area contributed by atoms with Gasteiger partial charge >= 0.3 is 5.97 Å². The highest BCUT2D eigenvalue weighted by molar-refractivity contribution is 6.42. The third-order valence-corrected chi connectivity index (χ3v) is 5.72. The summed E-state index contributed by atoms with van der Waals surface area (Å²) in [6.45, 7) is 2.10. The molecule has 0 aromatic heterocycles. The zero-order valence-electron chi connectivity index (χ0n) is 17.9. The van der Waals surface area contributed by atoms with Crippen LogP contribution in [0.1, 0.15) is 47.7 Å². The summed E-state index contributed by atoms with van der Waals surface area (Å²) < 4.78 is 5.64. The fraction of sp³-hybridized carbons (Fsp3) is 0.231. The van der Waals surface area contributed by atoms with Gasteiger partial charge in [0, 0.05) is 12.1 Å². The molecule has 0 radical (unpaired) electrons. The molecule has 0 atom stereocenters. The summed E-state index contributed by atoms with van der Waals surface area (Å²) in [5.74, 6) is 0.00871. The van der Waals surface area contributed by atoms with Crippen molar-refractivity contribution in [2.45, 2.75) is 39.0 Å². The Hall–Kier alpha value is -2.82. The van der Waals surface area contributed by atoms with Crippen molar-refractivity contribution in [3.05, 3.63) is 93.5 Å². The van der Waals surface area contributed by atoms with E-state index in [1.807, 2.05) is 18.2 Å².